The molecule has 3 aromatic rings. The van der Waals surface area contributed by atoms with Gasteiger partial charge >= 0.3 is 0 Å². The van der Waals surface area contributed by atoms with E-state index in [9.17, 15) is 0 Å². The van der Waals surface area contributed by atoms with Crippen molar-refractivity contribution in [1.82, 2.24) is 9.38 Å². The maximum Gasteiger partial charge on any atom is 0.114 e. The van der Waals surface area contributed by atoms with Crippen LogP contribution in [0.3, 0.4) is 0 Å². The van der Waals surface area contributed by atoms with Gasteiger partial charge < -0.3 is 10.1 Å². The van der Waals surface area contributed by atoms with Crippen LogP contribution >= 0.6 is 0 Å². The van der Waals surface area contributed by atoms with Crippen LogP contribution < -0.4 is 5.73 Å². The molecule has 0 saturated carbocycles. The maximum atomic E-state index is 5.65. The molecule has 3 nitrogen and oxygen atoms in total. The molecule has 20 heavy (non-hydrogen) atoms. The van der Waals surface area contributed by atoms with Crippen LogP contribution in [-0.4, -0.2) is 15.9 Å². The summed E-state index contributed by atoms with van der Waals surface area (Å²) in [5, 5.41) is 0. The molecule has 102 valence electrons. The van der Waals surface area contributed by atoms with Crippen molar-refractivity contribution in [3.63, 3.8) is 0 Å². The van der Waals surface area contributed by atoms with Gasteiger partial charge in [0.15, 0.2) is 0 Å². The van der Waals surface area contributed by atoms with E-state index in [1.54, 1.807) is 0 Å². The number of aromatic nitrogens is 2. The van der Waals surface area contributed by atoms with Gasteiger partial charge in [-0.3, -0.25) is 0 Å². The summed E-state index contributed by atoms with van der Waals surface area (Å²) in [7, 11) is 0. The van der Waals surface area contributed by atoms with Gasteiger partial charge in [-0.15, -0.1) is 0 Å². The molecule has 0 aliphatic carbocycles. The summed E-state index contributed by atoms with van der Waals surface area (Å²) in [5.41, 5.74) is 11.8. The number of imidazole rings is 1. The lowest BCUT2D eigenvalue weighted by Gasteiger charge is -2.08. The first-order valence-electron chi connectivity index (χ1n) is 6.93. The monoisotopic (exact) mass is 265 g/mol. The molecular formula is C17H19N3. The molecule has 3 rings (SSSR count). The highest BCUT2D eigenvalue weighted by molar-refractivity contribution is 5.80. The fraction of sp³-hybridized carbons (Fsp3) is 0.235. The second-order valence-electron chi connectivity index (χ2n) is 5.27. The third kappa shape index (κ3) is 2.21. The van der Waals surface area contributed by atoms with Gasteiger partial charge in [-0.05, 0) is 32.0 Å². The predicted octanol–water partition coefficient (Wildman–Crippen LogP) is 3.12. The molecule has 0 fully saturated rings. The molecule has 2 aromatic heterocycles. The summed E-state index contributed by atoms with van der Waals surface area (Å²) < 4.78 is 2.14. The van der Waals surface area contributed by atoms with Gasteiger partial charge in [-0.1, -0.05) is 35.4 Å². The average Bonchev–Trinajstić information content (AvgIpc) is 2.81. The summed E-state index contributed by atoms with van der Waals surface area (Å²) in [6, 6.07) is 10.9. The summed E-state index contributed by atoms with van der Waals surface area (Å²) in [6.45, 7) is 4.88. The zero-order chi connectivity index (χ0) is 14.1. The van der Waals surface area contributed by atoms with Gasteiger partial charge in [0, 0.05) is 18.2 Å². The number of fused-ring (bicyclic) bond motifs is 1. The molecule has 0 bridgehead atoms. The van der Waals surface area contributed by atoms with Gasteiger partial charge in [-0.25, -0.2) is 4.98 Å². The quantitative estimate of drug-likeness (QED) is 0.790. The van der Waals surface area contributed by atoms with Crippen molar-refractivity contribution in [3.05, 3.63) is 59.7 Å². The largest absolute Gasteiger partial charge is 0.330 e. The maximum absolute atomic E-state index is 5.65. The molecule has 0 aliphatic rings. The number of nitrogens with zero attached hydrogens (tertiary/aromatic N) is 2. The van der Waals surface area contributed by atoms with Crippen LogP contribution in [0.4, 0.5) is 0 Å². The third-order valence-electron chi connectivity index (χ3n) is 3.55. The van der Waals surface area contributed by atoms with E-state index >= 15 is 0 Å². The minimum atomic E-state index is 0.618. The number of nitrogens with two attached hydrogens (primary N) is 1. The third-order valence-corrected chi connectivity index (χ3v) is 3.55. The minimum absolute atomic E-state index is 0.618. The molecule has 0 radical (unpaired) electrons. The summed E-state index contributed by atoms with van der Waals surface area (Å²) >= 11 is 0. The first-order chi connectivity index (χ1) is 9.69. The fourth-order valence-corrected chi connectivity index (χ4v) is 2.76. The Morgan fingerprint density at radius 1 is 1.15 bits per heavy atom. The molecular weight excluding hydrogens is 246 g/mol. The molecule has 0 unspecified atom stereocenters. The Balaban J connectivity index is 2.21. The SMILES string of the molecule is Cc1cc(C)cc(-c2cccn3c(CCN)ncc23)c1. The van der Waals surface area contributed by atoms with Crippen LogP contribution in [-0.2, 0) is 6.42 Å². The average molecular weight is 265 g/mol. The van der Waals surface area contributed by atoms with Gasteiger partial charge in [-0.2, -0.15) is 0 Å². The van der Waals surface area contributed by atoms with E-state index in [1.165, 1.54) is 22.3 Å². The predicted molar refractivity (Wildman–Crippen MR) is 82.9 cm³/mol. The molecule has 0 amide bonds. The lowest BCUT2D eigenvalue weighted by Crippen LogP contribution is -2.06. The van der Waals surface area contributed by atoms with Crippen LogP contribution in [0, 0.1) is 13.8 Å². The smallest absolute Gasteiger partial charge is 0.114 e. The summed E-state index contributed by atoms with van der Waals surface area (Å²) in [6.07, 6.45) is 4.79. The molecule has 2 N–H and O–H groups in total. The van der Waals surface area contributed by atoms with Crippen LogP contribution in [0.25, 0.3) is 16.6 Å². The van der Waals surface area contributed by atoms with E-state index in [0.717, 1.165) is 17.8 Å². The molecule has 3 heteroatoms. The zero-order valence-corrected chi connectivity index (χ0v) is 11.9. The molecule has 0 spiro atoms. The number of rotatable bonds is 3. The van der Waals surface area contributed by atoms with Crippen molar-refractivity contribution in [1.29, 1.82) is 0 Å². The first-order valence-corrected chi connectivity index (χ1v) is 6.93. The van der Waals surface area contributed by atoms with Crippen molar-refractivity contribution < 1.29 is 0 Å². The van der Waals surface area contributed by atoms with E-state index in [-0.39, 0.29) is 0 Å². The number of hydrogen-bond donors (Lipinski definition) is 1. The summed E-state index contributed by atoms with van der Waals surface area (Å²) in [5.74, 6) is 1.02. The van der Waals surface area contributed by atoms with Gasteiger partial charge in [0.1, 0.15) is 5.82 Å². The van der Waals surface area contributed by atoms with Crippen LogP contribution in [0.2, 0.25) is 0 Å². The number of hydrogen-bond acceptors (Lipinski definition) is 2. The van der Waals surface area contributed by atoms with Crippen molar-refractivity contribution in [2.75, 3.05) is 6.54 Å². The molecule has 0 saturated heterocycles. The second-order valence-corrected chi connectivity index (χ2v) is 5.27. The lowest BCUT2D eigenvalue weighted by molar-refractivity contribution is 0.863. The molecule has 2 heterocycles. The molecule has 1 aromatic carbocycles. The van der Waals surface area contributed by atoms with E-state index in [2.05, 4.69) is 59.8 Å². The first kappa shape index (κ1) is 12.9. The highest BCUT2D eigenvalue weighted by Gasteiger charge is 2.08. The fourth-order valence-electron chi connectivity index (χ4n) is 2.76. The summed E-state index contributed by atoms with van der Waals surface area (Å²) in [4.78, 5) is 4.50. The van der Waals surface area contributed by atoms with Crippen LogP contribution in [0.1, 0.15) is 17.0 Å². The Morgan fingerprint density at radius 2 is 1.90 bits per heavy atom. The molecule has 0 atom stereocenters. The van der Waals surface area contributed by atoms with Crippen LogP contribution in [0.15, 0.2) is 42.7 Å². The minimum Gasteiger partial charge on any atom is -0.330 e. The van der Waals surface area contributed by atoms with Crippen molar-refractivity contribution in [2.45, 2.75) is 20.3 Å². The number of benzene rings is 1. The van der Waals surface area contributed by atoms with Gasteiger partial charge in [0.25, 0.3) is 0 Å². The Hall–Kier alpha value is -2.13. The zero-order valence-electron chi connectivity index (χ0n) is 11.9. The van der Waals surface area contributed by atoms with Crippen molar-refractivity contribution in [2.24, 2.45) is 5.73 Å². The highest BCUT2D eigenvalue weighted by Crippen LogP contribution is 2.27. The van der Waals surface area contributed by atoms with E-state index in [0.29, 0.717) is 6.54 Å². The molecule has 0 aliphatic heterocycles. The van der Waals surface area contributed by atoms with E-state index in [1.807, 2.05) is 6.20 Å². The van der Waals surface area contributed by atoms with Crippen molar-refractivity contribution in [3.8, 4) is 11.1 Å². The van der Waals surface area contributed by atoms with Crippen molar-refractivity contribution >= 4 is 5.52 Å². The number of aryl methyl sites for hydroxylation is 2. The Labute approximate surface area is 119 Å². The van der Waals surface area contributed by atoms with Crippen LogP contribution in [0.5, 0.6) is 0 Å². The second kappa shape index (κ2) is 5.10. The van der Waals surface area contributed by atoms with E-state index < -0.39 is 0 Å². The topological polar surface area (TPSA) is 43.3 Å². The Bertz CT molecular complexity index is 736. The Morgan fingerprint density at radius 3 is 2.60 bits per heavy atom. The van der Waals surface area contributed by atoms with E-state index in [4.69, 9.17) is 5.73 Å². The van der Waals surface area contributed by atoms with Gasteiger partial charge in [0.05, 0.1) is 11.7 Å². The Kier molecular flexibility index (Phi) is 3.28. The standard InChI is InChI=1S/C17H19N3/c1-12-8-13(2)10-14(9-12)15-4-3-7-20-16(15)11-19-17(20)5-6-18/h3-4,7-11H,5-6,18H2,1-2H3. The van der Waals surface area contributed by atoms with Gasteiger partial charge in [0.2, 0.25) is 0 Å². The lowest BCUT2D eigenvalue weighted by atomic mass is 10.0. The highest BCUT2D eigenvalue weighted by atomic mass is 15.0. The normalized spacial score (nSPS) is 11.2. The number of pyridine rings is 1.